The second-order valence-corrected chi connectivity index (χ2v) is 4.05. The smallest absolute Gasteiger partial charge is 0.125 e. The monoisotopic (exact) mass is 262 g/mol. The molecule has 0 atom stereocenters. The Morgan fingerprint density at radius 1 is 1.11 bits per heavy atom. The van der Waals surface area contributed by atoms with Crippen molar-refractivity contribution in [2.75, 3.05) is 7.11 Å². The van der Waals surface area contributed by atoms with Gasteiger partial charge in [-0.15, -0.1) is 0 Å². The Balaban J connectivity index is 2.08. The van der Waals surface area contributed by atoms with E-state index in [-0.39, 0.29) is 12.4 Å². The van der Waals surface area contributed by atoms with Crippen LogP contribution in [0.2, 0.25) is 0 Å². The molecule has 3 nitrogen and oxygen atoms in total. The van der Waals surface area contributed by atoms with E-state index in [1.807, 2.05) is 0 Å². The molecule has 19 heavy (non-hydrogen) atoms. The Morgan fingerprint density at radius 3 is 2.47 bits per heavy atom. The average molecular weight is 262 g/mol. The third kappa shape index (κ3) is 3.45. The Labute approximate surface area is 111 Å². The SMILES string of the molecule is COc1ccc(OCc2ccc(F)cc2)c(CO)c1. The Morgan fingerprint density at radius 2 is 1.84 bits per heavy atom. The van der Waals surface area contributed by atoms with Crippen LogP contribution in [0.4, 0.5) is 4.39 Å². The standard InChI is InChI=1S/C15H15FO3/c1-18-14-6-7-15(12(8-14)9-17)19-10-11-2-4-13(16)5-3-11/h2-8,17H,9-10H2,1H3. The fourth-order valence-corrected chi connectivity index (χ4v) is 1.69. The summed E-state index contributed by atoms with van der Waals surface area (Å²) in [6.45, 7) is 0.190. The second-order valence-electron chi connectivity index (χ2n) is 4.05. The molecule has 0 aliphatic rings. The summed E-state index contributed by atoms with van der Waals surface area (Å²) in [5, 5.41) is 9.29. The van der Waals surface area contributed by atoms with Gasteiger partial charge in [0.05, 0.1) is 13.7 Å². The molecule has 0 unspecified atom stereocenters. The van der Waals surface area contributed by atoms with Gasteiger partial charge < -0.3 is 14.6 Å². The van der Waals surface area contributed by atoms with Crippen LogP contribution >= 0.6 is 0 Å². The van der Waals surface area contributed by atoms with Gasteiger partial charge in [-0.3, -0.25) is 0 Å². The molecule has 0 amide bonds. The van der Waals surface area contributed by atoms with Crippen molar-refractivity contribution in [3.05, 3.63) is 59.4 Å². The number of aliphatic hydroxyl groups is 1. The van der Waals surface area contributed by atoms with Crippen LogP contribution in [-0.2, 0) is 13.2 Å². The molecule has 4 heteroatoms. The van der Waals surface area contributed by atoms with Crippen LogP contribution in [0.3, 0.4) is 0 Å². The molecular weight excluding hydrogens is 247 g/mol. The van der Waals surface area contributed by atoms with E-state index in [1.165, 1.54) is 12.1 Å². The predicted octanol–water partition coefficient (Wildman–Crippen LogP) is 2.91. The van der Waals surface area contributed by atoms with Crippen molar-refractivity contribution in [3.63, 3.8) is 0 Å². The third-order valence-corrected chi connectivity index (χ3v) is 2.75. The highest BCUT2D eigenvalue weighted by Crippen LogP contribution is 2.25. The first-order chi connectivity index (χ1) is 9.22. The molecule has 1 N–H and O–H groups in total. The summed E-state index contributed by atoms with van der Waals surface area (Å²) in [7, 11) is 1.57. The number of benzene rings is 2. The number of methoxy groups -OCH3 is 1. The summed E-state index contributed by atoms with van der Waals surface area (Å²) >= 11 is 0. The summed E-state index contributed by atoms with van der Waals surface area (Å²) in [5.41, 5.74) is 1.52. The zero-order valence-electron chi connectivity index (χ0n) is 10.6. The van der Waals surface area contributed by atoms with Crippen LogP contribution in [0.5, 0.6) is 11.5 Å². The zero-order chi connectivity index (χ0) is 13.7. The Bertz CT molecular complexity index is 538. The molecule has 0 aromatic heterocycles. The molecule has 0 saturated carbocycles. The maximum Gasteiger partial charge on any atom is 0.125 e. The fraction of sp³-hybridized carbons (Fsp3) is 0.200. The van der Waals surface area contributed by atoms with Crippen LogP contribution in [0.1, 0.15) is 11.1 Å². The van der Waals surface area contributed by atoms with E-state index in [1.54, 1.807) is 37.4 Å². The van der Waals surface area contributed by atoms with Gasteiger partial charge in [-0.05, 0) is 35.9 Å². The first-order valence-electron chi connectivity index (χ1n) is 5.88. The van der Waals surface area contributed by atoms with Crippen molar-refractivity contribution < 1.29 is 19.0 Å². The van der Waals surface area contributed by atoms with E-state index in [2.05, 4.69) is 0 Å². The van der Waals surface area contributed by atoms with Crippen LogP contribution in [0, 0.1) is 5.82 Å². The molecule has 0 fully saturated rings. The Kier molecular flexibility index (Phi) is 4.36. The predicted molar refractivity (Wildman–Crippen MR) is 69.6 cm³/mol. The van der Waals surface area contributed by atoms with E-state index < -0.39 is 0 Å². The lowest BCUT2D eigenvalue weighted by Crippen LogP contribution is -1.99. The minimum absolute atomic E-state index is 0.129. The molecule has 0 heterocycles. The van der Waals surface area contributed by atoms with Crippen molar-refractivity contribution in [1.29, 1.82) is 0 Å². The highest BCUT2D eigenvalue weighted by Gasteiger charge is 2.05. The zero-order valence-corrected chi connectivity index (χ0v) is 10.6. The number of halogens is 1. The third-order valence-electron chi connectivity index (χ3n) is 2.75. The van der Waals surface area contributed by atoms with Gasteiger partial charge in [0.15, 0.2) is 0 Å². The minimum atomic E-state index is -0.274. The van der Waals surface area contributed by atoms with Crippen LogP contribution in [-0.4, -0.2) is 12.2 Å². The van der Waals surface area contributed by atoms with Gasteiger partial charge in [-0.25, -0.2) is 4.39 Å². The maximum absolute atomic E-state index is 12.8. The van der Waals surface area contributed by atoms with Gasteiger partial charge in [0.1, 0.15) is 23.9 Å². The molecule has 0 aliphatic heterocycles. The van der Waals surface area contributed by atoms with Crippen molar-refractivity contribution in [2.24, 2.45) is 0 Å². The second kappa shape index (κ2) is 6.20. The molecular formula is C15H15FO3. The fourth-order valence-electron chi connectivity index (χ4n) is 1.69. The molecule has 0 aliphatic carbocycles. The number of aliphatic hydroxyl groups excluding tert-OH is 1. The van der Waals surface area contributed by atoms with E-state index in [0.29, 0.717) is 23.7 Å². The first kappa shape index (κ1) is 13.4. The maximum atomic E-state index is 12.8. The topological polar surface area (TPSA) is 38.7 Å². The van der Waals surface area contributed by atoms with Crippen molar-refractivity contribution in [3.8, 4) is 11.5 Å². The van der Waals surface area contributed by atoms with Crippen LogP contribution in [0.25, 0.3) is 0 Å². The minimum Gasteiger partial charge on any atom is -0.497 e. The summed E-state index contributed by atoms with van der Waals surface area (Å²) in [5.74, 6) is 0.982. The molecule has 0 spiro atoms. The van der Waals surface area contributed by atoms with E-state index in [0.717, 1.165) is 5.56 Å². The highest BCUT2D eigenvalue weighted by atomic mass is 19.1. The van der Waals surface area contributed by atoms with Crippen molar-refractivity contribution in [1.82, 2.24) is 0 Å². The summed E-state index contributed by atoms with van der Waals surface area (Å²) < 4.78 is 23.5. The molecule has 2 aromatic carbocycles. The van der Waals surface area contributed by atoms with Gasteiger partial charge in [0.2, 0.25) is 0 Å². The summed E-state index contributed by atoms with van der Waals surface area (Å²) in [4.78, 5) is 0. The van der Waals surface area contributed by atoms with Crippen molar-refractivity contribution in [2.45, 2.75) is 13.2 Å². The largest absolute Gasteiger partial charge is 0.497 e. The van der Waals surface area contributed by atoms with Crippen molar-refractivity contribution >= 4 is 0 Å². The summed E-state index contributed by atoms with van der Waals surface area (Å²) in [6, 6.07) is 11.3. The number of hydrogen-bond acceptors (Lipinski definition) is 3. The van der Waals surface area contributed by atoms with Crippen LogP contribution < -0.4 is 9.47 Å². The van der Waals surface area contributed by atoms with Gasteiger partial charge in [0.25, 0.3) is 0 Å². The van der Waals surface area contributed by atoms with E-state index in [9.17, 15) is 9.50 Å². The Hall–Kier alpha value is -2.07. The molecule has 100 valence electrons. The van der Waals surface area contributed by atoms with E-state index in [4.69, 9.17) is 9.47 Å². The van der Waals surface area contributed by atoms with Crippen LogP contribution in [0.15, 0.2) is 42.5 Å². The van der Waals surface area contributed by atoms with Gasteiger partial charge in [-0.2, -0.15) is 0 Å². The number of ether oxygens (including phenoxy) is 2. The van der Waals surface area contributed by atoms with Gasteiger partial charge >= 0.3 is 0 Å². The normalized spacial score (nSPS) is 10.3. The lowest BCUT2D eigenvalue weighted by Gasteiger charge is -2.11. The quantitative estimate of drug-likeness (QED) is 0.900. The molecule has 0 bridgehead atoms. The number of hydrogen-bond donors (Lipinski definition) is 1. The van der Waals surface area contributed by atoms with E-state index >= 15 is 0 Å². The molecule has 0 saturated heterocycles. The lowest BCUT2D eigenvalue weighted by molar-refractivity contribution is 0.258. The molecule has 2 rings (SSSR count). The average Bonchev–Trinajstić information content (AvgIpc) is 2.46. The number of rotatable bonds is 5. The summed E-state index contributed by atoms with van der Waals surface area (Å²) in [6.07, 6.45) is 0. The first-order valence-corrected chi connectivity index (χ1v) is 5.88. The molecule has 0 radical (unpaired) electrons. The lowest BCUT2D eigenvalue weighted by atomic mass is 10.2. The van der Waals surface area contributed by atoms with Gasteiger partial charge in [-0.1, -0.05) is 12.1 Å². The van der Waals surface area contributed by atoms with Gasteiger partial charge in [0, 0.05) is 5.56 Å². The molecule has 2 aromatic rings. The highest BCUT2D eigenvalue weighted by molar-refractivity contribution is 5.40.